The molecule has 0 radical (unpaired) electrons. The van der Waals surface area contributed by atoms with Gasteiger partial charge in [0, 0.05) is 52.4 Å². The highest BCUT2D eigenvalue weighted by atomic mass is 127. The minimum atomic E-state index is 0. The normalized spacial score (nSPS) is 22.3. The van der Waals surface area contributed by atoms with Crippen molar-refractivity contribution in [3.63, 3.8) is 0 Å². The summed E-state index contributed by atoms with van der Waals surface area (Å²) in [7, 11) is 2.22. The molecular weight excluding hydrogens is 449 g/mol. The van der Waals surface area contributed by atoms with Crippen LogP contribution in [-0.2, 0) is 0 Å². The molecule has 2 saturated heterocycles. The summed E-state index contributed by atoms with van der Waals surface area (Å²) in [5.41, 5.74) is 0. The number of hydrogen-bond acceptors (Lipinski definition) is 3. The molecule has 27 heavy (non-hydrogen) atoms. The average Bonchev–Trinajstić information content (AvgIpc) is 3.13. The number of hydrogen-bond donors (Lipinski definition) is 1. The number of piperazine rings is 1. The molecule has 0 bridgehead atoms. The van der Waals surface area contributed by atoms with Gasteiger partial charge in [0.2, 0.25) is 0 Å². The predicted octanol–water partition coefficient (Wildman–Crippen LogP) is 3.36. The van der Waals surface area contributed by atoms with Crippen LogP contribution in [0.1, 0.15) is 52.9 Å². The molecule has 1 N–H and O–H groups in total. The molecule has 2 fully saturated rings. The number of unbranched alkanes of at least 4 members (excludes halogenated alkanes) is 1. The summed E-state index contributed by atoms with van der Waals surface area (Å²) < 4.78 is 0. The first-order valence-corrected chi connectivity index (χ1v) is 11.1. The molecule has 0 spiro atoms. The van der Waals surface area contributed by atoms with Crippen molar-refractivity contribution in [3.05, 3.63) is 0 Å². The molecule has 0 aromatic rings. The van der Waals surface area contributed by atoms with Crippen molar-refractivity contribution < 1.29 is 0 Å². The summed E-state index contributed by atoms with van der Waals surface area (Å²) in [5, 5.41) is 3.53. The van der Waals surface area contributed by atoms with Gasteiger partial charge < -0.3 is 20.0 Å². The summed E-state index contributed by atoms with van der Waals surface area (Å²) in [5.74, 6) is 2.89. The van der Waals surface area contributed by atoms with Crippen LogP contribution in [0.25, 0.3) is 0 Å². The Morgan fingerprint density at radius 3 is 2.37 bits per heavy atom. The molecule has 2 aliphatic rings. The Hall–Kier alpha value is -0.0800. The number of aliphatic imine (C=N–C) groups is 1. The van der Waals surface area contributed by atoms with Crippen LogP contribution in [0.15, 0.2) is 4.99 Å². The van der Waals surface area contributed by atoms with Crippen molar-refractivity contribution in [1.29, 1.82) is 0 Å². The lowest BCUT2D eigenvalue weighted by atomic mass is 9.87. The van der Waals surface area contributed by atoms with E-state index >= 15 is 0 Å². The van der Waals surface area contributed by atoms with E-state index in [1.807, 2.05) is 0 Å². The summed E-state index contributed by atoms with van der Waals surface area (Å²) in [6.45, 7) is 17.3. The number of rotatable bonds is 9. The zero-order valence-corrected chi connectivity index (χ0v) is 20.6. The van der Waals surface area contributed by atoms with Gasteiger partial charge in [0.05, 0.1) is 0 Å². The summed E-state index contributed by atoms with van der Waals surface area (Å²) in [6, 6.07) is 0. The quantitative estimate of drug-likeness (QED) is 0.231. The van der Waals surface area contributed by atoms with Crippen molar-refractivity contribution in [1.82, 2.24) is 20.0 Å². The zero-order valence-electron chi connectivity index (χ0n) is 18.3. The van der Waals surface area contributed by atoms with Gasteiger partial charge in [0.1, 0.15) is 0 Å². The smallest absolute Gasteiger partial charge is 0.193 e. The SMILES string of the molecule is CCNC(=NCCCCN1CCN(C)CC1)N1CCC(C(CC)CC)C1.I. The lowest BCUT2D eigenvalue weighted by Gasteiger charge is -2.32. The highest BCUT2D eigenvalue weighted by molar-refractivity contribution is 14.0. The molecule has 1 atom stereocenters. The molecule has 1 unspecified atom stereocenters. The minimum Gasteiger partial charge on any atom is -0.357 e. The molecule has 0 aromatic carbocycles. The van der Waals surface area contributed by atoms with Crippen LogP contribution in [0.3, 0.4) is 0 Å². The zero-order chi connectivity index (χ0) is 18.8. The molecule has 160 valence electrons. The molecule has 6 heteroatoms. The van der Waals surface area contributed by atoms with Crippen molar-refractivity contribution in [2.24, 2.45) is 16.8 Å². The second-order valence-electron chi connectivity index (χ2n) is 8.16. The third kappa shape index (κ3) is 8.44. The monoisotopic (exact) mass is 493 g/mol. The third-order valence-electron chi connectivity index (χ3n) is 6.31. The first-order valence-electron chi connectivity index (χ1n) is 11.1. The van der Waals surface area contributed by atoms with Gasteiger partial charge >= 0.3 is 0 Å². The fraction of sp³-hybridized carbons (Fsp3) is 0.952. The van der Waals surface area contributed by atoms with Gasteiger partial charge in [-0.25, -0.2) is 0 Å². The number of halogens is 1. The maximum atomic E-state index is 4.94. The molecule has 0 aromatic heterocycles. The molecule has 2 aliphatic heterocycles. The molecule has 2 rings (SSSR count). The molecule has 2 heterocycles. The number of likely N-dealkylation sites (N-methyl/N-ethyl adjacent to an activating group) is 1. The van der Waals surface area contributed by atoms with Gasteiger partial charge in [-0.05, 0) is 51.6 Å². The van der Waals surface area contributed by atoms with Crippen molar-refractivity contribution in [3.8, 4) is 0 Å². The van der Waals surface area contributed by atoms with Gasteiger partial charge in [0.15, 0.2) is 5.96 Å². The fourth-order valence-electron chi connectivity index (χ4n) is 4.45. The minimum absolute atomic E-state index is 0. The second kappa shape index (κ2) is 14.0. The maximum absolute atomic E-state index is 4.94. The standard InChI is InChI=1S/C21H43N5.HI/c1-5-19(6-2)20-10-13-26(18-20)21(22-7-3)23-11-8-9-12-25-16-14-24(4)15-17-25;/h19-20H,5-18H2,1-4H3,(H,22,23);1H. The predicted molar refractivity (Wildman–Crippen MR) is 128 cm³/mol. The van der Waals surface area contributed by atoms with Crippen LogP contribution in [0.4, 0.5) is 0 Å². The largest absolute Gasteiger partial charge is 0.357 e. The Morgan fingerprint density at radius 2 is 1.74 bits per heavy atom. The van der Waals surface area contributed by atoms with E-state index in [9.17, 15) is 0 Å². The Labute approximate surface area is 185 Å². The Morgan fingerprint density at radius 1 is 1.04 bits per heavy atom. The number of nitrogens with one attached hydrogen (secondary N) is 1. The van der Waals surface area contributed by atoms with Crippen molar-refractivity contribution in [2.75, 3.05) is 66.0 Å². The van der Waals surface area contributed by atoms with Crippen LogP contribution < -0.4 is 5.32 Å². The second-order valence-corrected chi connectivity index (χ2v) is 8.16. The molecule has 0 aliphatic carbocycles. The van der Waals surface area contributed by atoms with Crippen molar-refractivity contribution >= 4 is 29.9 Å². The lowest BCUT2D eigenvalue weighted by molar-refractivity contribution is 0.152. The molecular formula is C21H44IN5. The van der Waals surface area contributed by atoms with Gasteiger partial charge in [-0.3, -0.25) is 4.99 Å². The van der Waals surface area contributed by atoms with Crippen LogP contribution in [0.2, 0.25) is 0 Å². The number of nitrogens with zero attached hydrogens (tertiary/aromatic N) is 4. The maximum Gasteiger partial charge on any atom is 0.193 e. The average molecular weight is 494 g/mol. The molecule has 0 amide bonds. The number of likely N-dealkylation sites (tertiary alicyclic amines) is 1. The van der Waals surface area contributed by atoms with Crippen LogP contribution >= 0.6 is 24.0 Å². The Kier molecular flexibility index (Phi) is 12.9. The third-order valence-corrected chi connectivity index (χ3v) is 6.31. The Bertz CT molecular complexity index is 405. The molecule has 5 nitrogen and oxygen atoms in total. The van der Waals surface area contributed by atoms with E-state index in [2.05, 4.69) is 47.8 Å². The van der Waals surface area contributed by atoms with E-state index < -0.39 is 0 Å². The summed E-state index contributed by atoms with van der Waals surface area (Å²) in [6.07, 6.45) is 6.43. The summed E-state index contributed by atoms with van der Waals surface area (Å²) >= 11 is 0. The van der Waals surface area contributed by atoms with Gasteiger partial charge in [0.25, 0.3) is 0 Å². The van der Waals surface area contributed by atoms with Crippen LogP contribution in [-0.4, -0.2) is 86.6 Å². The van der Waals surface area contributed by atoms with Crippen LogP contribution in [0.5, 0.6) is 0 Å². The highest BCUT2D eigenvalue weighted by Crippen LogP contribution is 2.28. The van der Waals surface area contributed by atoms with Gasteiger partial charge in [-0.1, -0.05) is 26.7 Å². The first-order chi connectivity index (χ1) is 12.7. The Balaban J connectivity index is 0.00000364. The van der Waals surface area contributed by atoms with Gasteiger partial charge in [-0.2, -0.15) is 0 Å². The topological polar surface area (TPSA) is 34.1 Å². The van der Waals surface area contributed by atoms with Gasteiger partial charge in [-0.15, -0.1) is 24.0 Å². The van der Waals surface area contributed by atoms with E-state index in [0.29, 0.717) is 0 Å². The fourth-order valence-corrected chi connectivity index (χ4v) is 4.45. The van der Waals surface area contributed by atoms with Crippen LogP contribution in [0, 0.1) is 11.8 Å². The van der Waals surface area contributed by atoms with E-state index in [-0.39, 0.29) is 24.0 Å². The highest BCUT2D eigenvalue weighted by Gasteiger charge is 2.29. The van der Waals surface area contributed by atoms with E-state index in [1.165, 1.54) is 77.9 Å². The van der Waals surface area contributed by atoms with E-state index in [4.69, 9.17) is 4.99 Å². The van der Waals surface area contributed by atoms with Crippen molar-refractivity contribution in [2.45, 2.75) is 52.9 Å². The summed E-state index contributed by atoms with van der Waals surface area (Å²) in [4.78, 5) is 12.5. The van der Waals surface area contributed by atoms with E-state index in [0.717, 1.165) is 30.9 Å². The number of guanidine groups is 1. The molecule has 0 saturated carbocycles. The first kappa shape index (κ1) is 25.0. The van der Waals surface area contributed by atoms with E-state index in [1.54, 1.807) is 0 Å². The lowest BCUT2D eigenvalue weighted by Crippen LogP contribution is -2.44.